The summed E-state index contributed by atoms with van der Waals surface area (Å²) in [7, 11) is -1.57. The van der Waals surface area contributed by atoms with E-state index in [0.29, 0.717) is 12.4 Å². The van der Waals surface area contributed by atoms with Gasteiger partial charge in [0.2, 0.25) is 0 Å². The van der Waals surface area contributed by atoms with Gasteiger partial charge in [0.25, 0.3) is 0 Å². The number of unbranched alkanes of at least 4 members (excludes halogenated alkanes) is 2. The number of rotatable bonds is 10. The molecule has 0 bridgehead atoms. The average molecular weight is 295 g/mol. The minimum atomic E-state index is -1.57. The van der Waals surface area contributed by atoms with Gasteiger partial charge in [0, 0.05) is 0 Å². The molecular formula is C17H30O2Si. The van der Waals surface area contributed by atoms with E-state index in [4.69, 9.17) is 4.43 Å². The fraction of sp³-hybridized carbons (Fsp3) is 0.647. The second-order valence-corrected chi connectivity index (χ2v) is 10.1. The summed E-state index contributed by atoms with van der Waals surface area (Å²) in [4.78, 5) is 0. The van der Waals surface area contributed by atoms with Crippen molar-refractivity contribution in [3.05, 3.63) is 29.8 Å². The van der Waals surface area contributed by atoms with Crippen molar-refractivity contribution in [2.45, 2.75) is 71.2 Å². The molecule has 3 heteroatoms. The molecule has 1 rings (SSSR count). The predicted molar refractivity (Wildman–Crippen MR) is 88.6 cm³/mol. The molecule has 0 aliphatic carbocycles. The van der Waals surface area contributed by atoms with Crippen LogP contribution in [0.2, 0.25) is 18.1 Å². The fourth-order valence-electron chi connectivity index (χ4n) is 2.55. The molecule has 2 nitrogen and oxygen atoms in total. The fourth-order valence-corrected chi connectivity index (χ4v) is 6.47. The normalized spacial score (nSPS) is 11.8. The van der Waals surface area contributed by atoms with Gasteiger partial charge in [-0.15, -0.1) is 0 Å². The lowest BCUT2D eigenvalue weighted by atomic mass is 10.2. The highest BCUT2D eigenvalue weighted by Crippen LogP contribution is 2.28. The van der Waals surface area contributed by atoms with Gasteiger partial charge in [-0.05, 0) is 35.8 Å². The highest BCUT2D eigenvalue weighted by Gasteiger charge is 2.31. The van der Waals surface area contributed by atoms with Crippen LogP contribution in [0, 0.1) is 0 Å². The first-order valence-corrected chi connectivity index (χ1v) is 10.6. The van der Waals surface area contributed by atoms with Crippen molar-refractivity contribution in [1.82, 2.24) is 0 Å². The third-order valence-corrected chi connectivity index (χ3v) is 8.67. The van der Waals surface area contributed by atoms with E-state index in [1.54, 1.807) is 12.1 Å². The molecule has 1 aromatic rings. The van der Waals surface area contributed by atoms with Crippen LogP contribution in [0.3, 0.4) is 0 Å². The lowest BCUT2D eigenvalue weighted by Gasteiger charge is -2.30. The van der Waals surface area contributed by atoms with Crippen molar-refractivity contribution in [1.29, 1.82) is 0 Å². The van der Waals surface area contributed by atoms with Crippen molar-refractivity contribution in [2.24, 2.45) is 0 Å². The molecule has 1 N–H and O–H groups in total. The molecule has 0 atom stereocenters. The van der Waals surface area contributed by atoms with Crippen LogP contribution in [-0.2, 0) is 11.0 Å². The maximum Gasteiger partial charge on any atom is 0.193 e. The molecule has 0 fully saturated rings. The topological polar surface area (TPSA) is 29.5 Å². The predicted octanol–water partition coefficient (Wildman–Crippen LogP) is 5.47. The van der Waals surface area contributed by atoms with Gasteiger partial charge in [-0.3, -0.25) is 0 Å². The van der Waals surface area contributed by atoms with E-state index in [2.05, 4.69) is 20.8 Å². The Morgan fingerprint density at radius 3 is 1.95 bits per heavy atom. The summed E-state index contributed by atoms with van der Waals surface area (Å²) in [6.45, 7) is 7.52. The Morgan fingerprint density at radius 1 is 0.950 bits per heavy atom. The molecule has 0 spiro atoms. The number of hydrogen-bond donors (Lipinski definition) is 1. The summed E-state index contributed by atoms with van der Waals surface area (Å²) in [5.74, 6) is 0.324. The maximum atomic E-state index is 9.33. The monoisotopic (exact) mass is 294 g/mol. The van der Waals surface area contributed by atoms with Crippen molar-refractivity contribution in [2.75, 3.05) is 0 Å². The second kappa shape index (κ2) is 9.19. The van der Waals surface area contributed by atoms with Crippen molar-refractivity contribution < 1.29 is 9.53 Å². The number of benzene rings is 1. The van der Waals surface area contributed by atoms with E-state index in [-0.39, 0.29) is 0 Å². The summed E-state index contributed by atoms with van der Waals surface area (Å²) in [5.41, 5.74) is 1.17. The van der Waals surface area contributed by atoms with Crippen LogP contribution in [0.4, 0.5) is 0 Å². The summed E-state index contributed by atoms with van der Waals surface area (Å²) < 4.78 is 6.47. The molecule has 0 heterocycles. The van der Waals surface area contributed by atoms with Gasteiger partial charge < -0.3 is 9.53 Å². The SMILES string of the molecule is CCCC[Si](CC)(CCCC)OCc1ccc(O)cc1. The first-order valence-electron chi connectivity index (χ1n) is 8.07. The van der Waals surface area contributed by atoms with Crippen LogP contribution in [0.25, 0.3) is 0 Å². The summed E-state index contributed by atoms with van der Waals surface area (Å²) in [5, 5.41) is 9.33. The van der Waals surface area contributed by atoms with Gasteiger partial charge >= 0.3 is 0 Å². The number of phenols is 1. The molecule has 0 aliphatic heterocycles. The summed E-state index contributed by atoms with van der Waals surface area (Å²) in [6, 6.07) is 11.2. The summed E-state index contributed by atoms with van der Waals surface area (Å²) >= 11 is 0. The molecule has 0 saturated carbocycles. The van der Waals surface area contributed by atoms with E-state index in [1.165, 1.54) is 49.4 Å². The molecule has 0 aliphatic rings. The Morgan fingerprint density at radius 2 is 1.50 bits per heavy atom. The van der Waals surface area contributed by atoms with Crippen LogP contribution >= 0.6 is 0 Å². The highest BCUT2D eigenvalue weighted by atomic mass is 28.4. The van der Waals surface area contributed by atoms with Crippen LogP contribution in [-0.4, -0.2) is 13.4 Å². The molecule has 0 aromatic heterocycles. The minimum absolute atomic E-state index is 0.324. The van der Waals surface area contributed by atoms with E-state index >= 15 is 0 Å². The van der Waals surface area contributed by atoms with E-state index in [9.17, 15) is 5.11 Å². The van der Waals surface area contributed by atoms with Gasteiger partial charge in [-0.1, -0.05) is 58.6 Å². The standard InChI is InChI=1S/C17H30O2Si/c1-4-7-13-20(6-3,14-8-5-2)19-15-16-9-11-17(18)12-10-16/h9-12,18H,4-8,13-15H2,1-3H3. The van der Waals surface area contributed by atoms with E-state index in [1.807, 2.05) is 12.1 Å². The Kier molecular flexibility index (Phi) is 7.93. The largest absolute Gasteiger partial charge is 0.508 e. The maximum absolute atomic E-state index is 9.33. The number of aromatic hydroxyl groups is 1. The van der Waals surface area contributed by atoms with Crippen molar-refractivity contribution in [3.63, 3.8) is 0 Å². The third kappa shape index (κ3) is 5.67. The van der Waals surface area contributed by atoms with Gasteiger partial charge in [0.05, 0.1) is 6.61 Å². The third-order valence-electron chi connectivity index (χ3n) is 4.10. The minimum Gasteiger partial charge on any atom is -0.508 e. The molecule has 114 valence electrons. The molecule has 0 unspecified atom stereocenters. The van der Waals surface area contributed by atoms with Gasteiger partial charge in [0.15, 0.2) is 8.32 Å². The zero-order valence-corrected chi connectivity index (χ0v) is 14.3. The lowest BCUT2D eigenvalue weighted by Crippen LogP contribution is -2.37. The first kappa shape index (κ1) is 17.2. The van der Waals surface area contributed by atoms with Gasteiger partial charge in [0.1, 0.15) is 5.75 Å². The van der Waals surface area contributed by atoms with Gasteiger partial charge in [-0.25, -0.2) is 0 Å². The van der Waals surface area contributed by atoms with E-state index < -0.39 is 8.32 Å². The zero-order chi connectivity index (χ0) is 14.8. The Hall–Kier alpha value is -0.803. The van der Waals surface area contributed by atoms with Crippen LogP contribution in [0.15, 0.2) is 24.3 Å². The molecule has 0 amide bonds. The second-order valence-electron chi connectivity index (χ2n) is 5.70. The van der Waals surface area contributed by atoms with E-state index in [0.717, 1.165) is 0 Å². The van der Waals surface area contributed by atoms with Crippen molar-refractivity contribution >= 4 is 8.32 Å². The first-order chi connectivity index (χ1) is 9.65. The Labute approximate surface area is 125 Å². The number of hydrogen-bond acceptors (Lipinski definition) is 2. The van der Waals surface area contributed by atoms with Gasteiger partial charge in [-0.2, -0.15) is 0 Å². The zero-order valence-electron chi connectivity index (χ0n) is 13.3. The molecule has 20 heavy (non-hydrogen) atoms. The molecular weight excluding hydrogens is 264 g/mol. The van der Waals surface area contributed by atoms with Crippen LogP contribution < -0.4 is 0 Å². The lowest BCUT2D eigenvalue weighted by molar-refractivity contribution is 0.283. The summed E-state index contributed by atoms with van der Waals surface area (Å²) in [6.07, 6.45) is 5.09. The number of phenolic OH excluding ortho intramolecular Hbond substituents is 1. The molecule has 1 aromatic carbocycles. The molecule has 0 saturated heterocycles. The average Bonchev–Trinajstić information content (AvgIpc) is 2.49. The van der Waals surface area contributed by atoms with Crippen LogP contribution in [0.1, 0.15) is 52.0 Å². The van der Waals surface area contributed by atoms with Crippen molar-refractivity contribution in [3.8, 4) is 5.75 Å². The Balaban J connectivity index is 2.64. The van der Waals surface area contributed by atoms with Crippen LogP contribution in [0.5, 0.6) is 5.75 Å². The highest BCUT2D eigenvalue weighted by molar-refractivity contribution is 6.73. The molecule has 0 radical (unpaired) electrons. The Bertz CT molecular complexity index is 354. The smallest absolute Gasteiger partial charge is 0.193 e. The quantitative estimate of drug-likeness (QED) is 0.579.